The van der Waals surface area contributed by atoms with Gasteiger partial charge >= 0.3 is 0 Å². The van der Waals surface area contributed by atoms with Crippen LogP contribution in [-0.4, -0.2) is 31.1 Å². The maximum Gasteiger partial charge on any atom is 0.146 e. The third-order valence-corrected chi connectivity index (χ3v) is 4.51. The lowest BCUT2D eigenvalue weighted by Crippen LogP contribution is -2.39. The largest absolute Gasteiger partial charge is 0.316 e. The number of benzene rings is 1. The number of fused-ring (bicyclic) bond motifs is 1. The molecular weight excluding hydrogens is 286 g/mol. The van der Waals surface area contributed by atoms with Crippen LogP contribution < -0.4 is 5.32 Å². The van der Waals surface area contributed by atoms with Gasteiger partial charge in [-0.3, -0.25) is 4.90 Å². The number of piperidine rings is 1. The fourth-order valence-electron chi connectivity index (χ4n) is 3.17. The van der Waals surface area contributed by atoms with E-state index in [9.17, 15) is 4.39 Å². The molecule has 2 atom stereocenters. The molecule has 0 aromatic heterocycles. The SMILES string of the molecule is Cl.Fc1c(Cl)cccc1CN1CCC2CNCC2C1. The maximum absolute atomic E-state index is 13.9. The number of hydrogen-bond donors (Lipinski definition) is 1. The van der Waals surface area contributed by atoms with E-state index in [-0.39, 0.29) is 23.2 Å². The molecule has 0 bridgehead atoms. The third kappa shape index (κ3) is 3.22. The van der Waals surface area contributed by atoms with Crippen molar-refractivity contribution in [3.63, 3.8) is 0 Å². The van der Waals surface area contributed by atoms with Crippen LogP contribution in [0, 0.1) is 17.7 Å². The highest BCUT2D eigenvalue weighted by Gasteiger charge is 2.32. The first-order valence-corrected chi connectivity index (χ1v) is 6.98. The van der Waals surface area contributed by atoms with Crippen LogP contribution in [0.5, 0.6) is 0 Å². The van der Waals surface area contributed by atoms with Crippen molar-refractivity contribution < 1.29 is 4.39 Å². The molecule has 1 aromatic carbocycles. The van der Waals surface area contributed by atoms with Crippen molar-refractivity contribution in [3.05, 3.63) is 34.6 Å². The zero-order valence-electron chi connectivity index (χ0n) is 10.7. The van der Waals surface area contributed by atoms with Crippen LogP contribution in [-0.2, 0) is 6.54 Å². The van der Waals surface area contributed by atoms with E-state index >= 15 is 0 Å². The minimum Gasteiger partial charge on any atom is -0.316 e. The summed E-state index contributed by atoms with van der Waals surface area (Å²) in [6.45, 7) is 5.08. The second-order valence-electron chi connectivity index (χ2n) is 5.42. The van der Waals surface area contributed by atoms with Gasteiger partial charge in [0.25, 0.3) is 0 Å². The zero-order valence-corrected chi connectivity index (χ0v) is 12.3. The number of halogens is 3. The molecule has 2 heterocycles. The summed E-state index contributed by atoms with van der Waals surface area (Å²) in [5, 5.41) is 3.67. The Kier molecular flexibility index (Phi) is 5.07. The van der Waals surface area contributed by atoms with E-state index in [4.69, 9.17) is 11.6 Å². The summed E-state index contributed by atoms with van der Waals surface area (Å²) in [5.41, 5.74) is 0.715. The van der Waals surface area contributed by atoms with Crippen LogP contribution in [0.4, 0.5) is 4.39 Å². The highest BCUT2D eigenvalue weighted by Crippen LogP contribution is 2.28. The Hall–Kier alpha value is -0.350. The van der Waals surface area contributed by atoms with Crippen molar-refractivity contribution >= 4 is 24.0 Å². The number of likely N-dealkylation sites (tertiary alicyclic amines) is 1. The van der Waals surface area contributed by atoms with E-state index < -0.39 is 0 Å². The first kappa shape index (κ1) is 15.0. The molecule has 2 fully saturated rings. The lowest BCUT2D eigenvalue weighted by Gasteiger charge is -2.34. The van der Waals surface area contributed by atoms with Gasteiger partial charge in [0.1, 0.15) is 5.82 Å². The summed E-state index contributed by atoms with van der Waals surface area (Å²) in [5.74, 6) is 1.30. The lowest BCUT2D eigenvalue weighted by atomic mass is 9.88. The summed E-state index contributed by atoms with van der Waals surface area (Å²) >= 11 is 5.82. The van der Waals surface area contributed by atoms with Gasteiger partial charge in [0.15, 0.2) is 0 Å². The molecule has 2 aliphatic rings. The first-order valence-electron chi connectivity index (χ1n) is 6.60. The van der Waals surface area contributed by atoms with E-state index in [1.807, 2.05) is 12.1 Å². The average Bonchev–Trinajstić information content (AvgIpc) is 2.82. The second-order valence-corrected chi connectivity index (χ2v) is 5.82. The first-order chi connectivity index (χ1) is 8.74. The highest BCUT2D eigenvalue weighted by atomic mass is 35.5. The molecule has 0 saturated carbocycles. The topological polar surface area (TPSA) is 15.3 Å². The van der Waals surface area contributed by atoms with Crippen molar-refractivity contribution in [1.82, 2.24) is 10.2 Å². The molecule has 0 aliphatic carbocycles. The number of nitrogens with zero attached hydrogens (tertiary/aromatic N) is 1. The minimum atomic E-state index is -0.258. The smallest absolute Gasteiger partial charge is 0.146 e. The highest BCUT2D eigenvalue weighted by molar-refractivity contribution is 6.30. The van der Waals surface area contributed by atoms with Crippen molar-refractivity contribution in [1.29, 1.82) is 0 Å². The van der Waals surface area contributed by atoms with Crippen LogP contribution in [0.1, 0.15) is 12.0 Å². The van der Waals surface area contributed by atoms with Crippen molar-refractivity contribution in [2.24, 2.45) is 11.8 Å². The molecular formula is C14H19Cl2FN2. The summed E-state index contributed by atoms with van der Waals surface area (Å²) in [6.07, 6.45) is 1.22. The molecule has 2 aliphatic heterocycles. The minimum absolute atomic E-state index is 0. The van der Waals surface area contributed by atoms with Crippen molar-refractivity contribution in [3.8, 4) is 0 Å². The molecule has 0 amide bonds. The molecule has 1 N–H and O–H groups in total. The molecule has 0 radical (unpaired) electrons. The molecule has 1 aromatic rings. The molecule has 5 heteroatoms. The quantitative estimate of drug-likeness (QED) is 0.904. The van der Waals surface area contributed by atoms with Crippen LogP contribution in [0.2, 0.25) is 5.02 Å². The fraction of sp³-hybridized carbons (Fsp3) is 0.571. The van der Waals surface area contributed by atoms with E-state index in [0.29, 0.717) is 12.1 Å². The van der Waals surface area contributed by atoms with Crippen LogP contribution >= 0.6 is 24.0 Å². The van der Waals surface area contributed by atoms with Crippen LogP contribution in [0.25, 0.3) is 0 Å². The zero-order chi connectivity index (χ0) is 12.5. The normalized spacial score (nSPS) is 26.8. The van der Waals surface area contributed by atoms with Gasteiger partial charge < -0.3 is 5.32 Å². The van der Waals surface area contributed by atoms with Gasteiger partial charge in [-0.1, -0.05) is 23.7 Å². The van der Waals surface area contributed by atoms with Gasteiger partial charge in [-0.05, 0) is 44.0 Å². The average molecular weight is 305 g/mol. The third-order valence-electron chi connectivity index (χ3n) is 4.21. The number of nitrogens with one attached hydrogen (secondary N) is 1. The predicted octanol–water partition coefficient (Wildman–Crippen LogP) is 2.94. The standard InChI is InChI=1S/C14H18ClFN2.ClH/c15-13-3-1-2-11(14(13)16)8-18-5-4-10-6-17-7-12(10)9-18;/h1-3,10,12,17H,4-9H2;1H. The number of hydrogen-bond acceptors (Lipinski definition) is 2. The van der Waals surface area contributed by atoms with Gasteiger partial charge in [-0.15, -0.1) is 12.4 Å². The Morgan fingerprint density at radius 1 is 1.32 bits per heavy atom. The Morgan fingerprint density at radius 2 is 2.11 bits per heavy atom. The molecule has 0 spiro atoms. The van der Waals surface area contributed by atoms with Gasteiger partial charge in [0.05, 0.1) is 5.02 Å². The predicted molar refractivity (Wildman–Crippen MR) is 78.4 cm³/mol. The maximum atomic E-state index is 13.9. The molecule has 3 rings (SSSR count). The number of rotatable bonds is 2. The van der Waals surface area contributed by atoms with Gasteiger partial charge in [0.2, 0.25) is 0 Å². The molecule has 2 unspecified atom stereocenters. The summed E-state index contributed by atoms with van der Waals surface area (Å²) in [4.78, 5) is 2.35. The van der Waals surface area contributed by atoms with E-state index in [1.54, 1.807) is 6.07 Å². The Morgan fingerprint density at radius 3 is 2.95 bits per heavy atom. The summed E-state index contributed by atoms with van der Waals surface area (Å²) in [6, 6.07) is 5.26. The molecule has 2 saturated heterocycles. The van der Waals surface area contributed by atoms with Gasteiger partial charge in [-0.25, -0.2) is 4.39 Å². The summed E-state index contributed by atoms with van der Waals surface area (Å²) in [7, 11) is 0. The molecule has 19 heavy (non-hydrogen) atoms. The van der Waals surface area contributed by atoms with Gasteiger partial charge in [0, 0.05) is 18.7 Å². The van der Waals surface area contributed by atoms with E-state index in [2.05, 4.69) is 10.2 Å². The monoisotopic (exact) mass is 304 g/mol. The lowest BCUT2D eigenvalue weighted by molar-refractivity contribution is 0.141. The Bertz CT molecular complexity index is 441. The van der Waals surface area contributed by atoms with Crippen LogP contribution in [0.15, 0.2) is 18.2 Å². The Labute approximate surface area is 124 Å². The molecule has 2 nitrogen and oxygen atoms in total. The Balaban J connectivity index is 0.00000133. The van der Waals surface area contributed by atoms with Crippen molar-refractivity contribution in [2.45, 2.75) is 13.0 Å². The fourth-order valence-corrected chi connectivity index (χ4v) is 3.36. The van der Waals surface area contributed by atoms with Crippen LogP contribution in [0.3, 0.4) is 0 Å². The van der Waals surface area contributed by atoms with Crippen molar-refractivity contribution in [2.75, 3.05) is 26.2 Å². The van der Waals surface area contributed by atoms with Gasteiger partial charge in [-0.2, -0.15) is 0 Å². The van der Waals surface area contributed by atoms with E-state index in [1.165, 1.54) is 6.42 Å². The summed E-state index contributed by atoms with van der Waals surface area (Å²) < 4.78 is 13.9. The molecule has 106 valence electrons. The second kappa shape index (κ2) is 6.40. The van der Waals surface area contributed by atoms with E-state index in [0.717, 1.165) is 38.0 Å².